The van der Waals surface area contributed by atoms with Crippen molar-refractivity contribution < 1.29 is 23.9 Å². The van der Waals surface area contributed by atoms with E-state index in [1.54, 1.807) is 48.5 Å². The first-order chi connectivity index (χ1) is 14.7. The molecule has 170 valence electrons. The lowest BCUT2D eigenvalue weighted by atomic mass is 9.81. The van der Waals surface area contributed by atoms with E-state index >= 15 is 0 Å². The highest BCUT2D eigenvalue weighted by molar-refractivity contribution is 6.15. The van der Waals surface area contributed by atoms with Crippen molar-refractivity contribution in [3.8, 4) is 11.5 Å². The number of amides is 5. The molecule has 0 aliphatic carbocycles. The van der Waals surface area contributed by atoms with Crippen LogP contribution >= 0.6 is 0 Å². The van der Waals surface area contributed by atoms with Crippen molar-refractivity contribution in [2.45, 2.75) is 58.3 Å². The Morgan fingerprint density at radius 1 is 0.812 bits per heavy atom. The molecule has 1 aliphatic heterocycles. The average molecular weight is 440 g/mol. The minimum atomic E-state index is -1.76. The van der Waals surface area contributed by atoms with Gasteiger partial charge in [-0.3, -0.25) is 10.1 Å². The summed E-state index contributed by atoms with van der Waals surface area (Å²) in [6.07, 6.45) is 0. The summed E-state index contributed by atoms with van der Waals surface area (Å²) in [7, 11) is 0. The Balaban J connectivity index is 2.15. The van der Waals surface area contributed by atoms with Gasteiger partial charge < -0.3 is 15.2 Å². The van der Waals surface area contributed by atoms with Crippen LogP contribution in [0.2, 0.25) is 0 Å². The van der Waals surface area contributed by atoms with E-state index in [2.05, 4.69) is 5.32 Å². The minimum Gasteiger partial charge on any atom is -0.488 e. The van der Waals surface area contributed by atoms with Gasteiger partial charge in [-0.05, 0) is 76.9 Å². The number of primary amides is 1. The molecule has 1 heterocycles. The maximum Gasteiger partial charge on any atom is 0.333 e. The first kappa shape index (κ1) is 23.1. The second-order valence-electron chi connectivity index (χ2n) is 9.62. The molecule has 3 rings (SSSR count). The molecular formula is C24H29N3O5. The Labute approximate surface area is 187 Å². The highest BCUT2D eigenvalue weighted by Crippen LogP contribution is 2.41. The lowest BCUT2D eigenvalue weighted by Crippen LogP contribution is -2.52. The van der Waals surface area contributed by atoms with E-state index < -0.39 is 34.7 Å². The number of imide groups is 2. The lowest BCUT2D eigenvalue weighted by Gasteiger charge is -2.34. The summed E-state index contributed by atoms with van der Waals surface area (Å²) in [5.74, 6) is 0.497. The predicted molar refractivity (Wildman–Crippen MR) is 119 cm³/mol. The molecule has 2 aromatic rings. The van der Waals surface area contributed by atoms with Crippen LogP contribution in [-0.4, -0.2) is 34.1 Å². The first-order valence-electron chi connectivity index (χ1n) is 10.3. The summed E-state index contributed by atoms with van der Waals surface area (Å²) < 4.78 is 11.7. The molecule has 0 bridgehead atoms. The normalized spacial score (nSPS) is 16.0. The minimum absolute atomic E-state index is 0.394. The second kappa shape index (κ2) is 7.85. The van der Waals surface area contributed by atoms with Gasteiger partial charge in [0.05, 0.1) is 0 Å². The summed E-state index contributed by atoms with van der Waals surface area (Å²) in [4.78, 5) is 38.8. The maximum atomic E-state index is 13.2. The van der Waals surface area contributed by atoms with E-state index in [-0.39, 0.29) is 0 Å². The topological polar surface area (TPSA) is 111 Å². The van der Waals surface area contributed by atoms with E-state index in [4.69, 9.17) is 15.2 Å². The van der Waals surface area contributed by atoms with Crippen molar-refractivity contribution in [2.75, 3.05) is 0 Å². The molecule has 0 atom stereocenters. The number of hydrogen-bond donors (Lipinski definition) is 2. The molecular weight excluding hydrogens is 410 g/mol. The second-order valence-corrected chi connectivity index (χ2v) is 9.62. The van der Waals surface area contributed by atoms with Crippen LogP contribution in [0.25, 0.3) is 0 Å². The molecule has 1 saturated heterocycles. The quantitative estimate of drug-likeness (QED) is 0.702. The van der Waals surface area contributed by atoms with Gasteiger partial charge in [0, 0.05) is 0 Å². The zero-order valence-electron chi connectivity index (χ0n) is 19.2. The van der Waals surface area contributed by atoms with E-state index in [0.29, 0.717) is 22.6 Å². The van der Waals surface area contributed by atoms with Crippen LogP contribution in [-0.2, 0) is 10.3 Å². The number of nitrogens with two attached hydrogens (primary N) is 1. The summed E-state index contributed by atoms with van der Waals surface area (Å²) in [6, 6.07) is 11.4. The highest BCUT2D eigenvalue weighted by Gasteiger charge is 2.58. The highest BCUT2D eigenvalue weighted by atomic mass is 16.5. The third kappa shape index (κ3) is 4.39. The van der Waals surface area contributed by atoms with Crippen LogP contribution in [0.4, 0.5) is 9.59 Å². The van der Waals surface area contributed by atoms with Crippen molar-refractivity contribution >= 4 is 18.0 Å². The fourth-order valence-corrected chi connectivity index (χ4v) is 3.69. The number of hydrogen-bond acceptors (Lipinski definition) is 5. The Hall–Kier alpha value is -3.55. The SMILES string of the molecule is CC(C)(C)Oc1ccc(C2(c3ccc(OC(C)(C)C)cc3)C(=O)NC(=O)N2C(N)=O)cc1. The number of benzene rings is 2. The number of nitrogens with one attached hydrogen (secondary N) is 1. The van der Waals surface area contributed by atoms with Crippen LogP contribution in [0.1, 0.15) is 52.7 Å². The Morgan fingerprint density at radius 2 is 1.19 bits per heavy atom. The van der Waals surface area contributed by atoms with E-state index in [9.17, 15) is 14.4 Å². The molecule has 0 unspecified atom stereocenters. The lowest BCUT2D eigenvalue weighted by molar-refractivity contribution is -0.124. The van der Waals surface area contributed by atoms with Gasteiger partial charge in [-0.2, -0.15) is 0 Å². The van der Waals surface area contributed by atoms with Gasteiger partial charge in [-0.15, -0.1) is 0 Å². The molecule has 8 nitrogen and oxygen atoms in total. The van der Waals surface area contributed by atoms with Gasteiger partial charge >= 0.3 is 12.1 Å². The first-order valence-corrected chi connectivity index (χ1v) is 10.3. The van der Waals surface area contributed by atoms with Crippen molar-refractivity contribution in [1.29, 1.82) is 0 Å². The number of nitrogens with zero attached hydrogens (tertiary/aromatic N) is 1. The zero-order chi connectivity index (χ0) is 23.9. The van der Waals surface area contributed by atoms with Crippen molar-refractivity contribution in [3.63, 3.8) is 0 Å². The fraction of sp³-hybridized carbons (Fsp3) is 0.375. The molecule has 0 spiro atoms. The van der Waals surface area contributed by atoms with Crippen LogP contribution in [0, 0.1) is 0 Å². The van der Waals surface area contributed by atoms with Crippen molar-refractivity contribution in [2.24, 2.45) is 5.73 Å². The summed E-state index contributed by atoms with van der Waals surface area (Å²) in [5, 5.41) is 2.23. The van der Waals surface area contributed by atoms with Crippen molar-refractivity contribution in [1.82, 2.24) is 10.2 Å². The molecule has 0 saturated carbocycles. The van der Waals surface area contributed by atoms with Crippen LogP contribution < -0.4 is 20.5 Å². The standard InChI is InChI=1S/C24H29N3O5/c1-22(2,3)31-17-11-7-15(8-12-17)24(19(28)26-21(30)27(24)20(25)29)16-9-13-18(14-10-16)32-23(4,5)6/h7-14H,1-6H3,(H2,25,29)(H,26,28,30). The number of ether oxygens (including phenoxy) is 2. The molecule has 0 radical (unpaired) electrons. The number of carbonyl (C=O) groups is 3. The zero-order valence-corrected chi connectivity index (χ0v) is 19.2. The van der Waals surface area contributed by atoms with E-state index in [1.807, 2.05) is 41.5 Å². The molecule has 1 aliphatic rings. The average Bonchev–Trinajstić information content (AvgIpc) is 2.91. The summed E-state index contributed by atoms with van der Waals surface area (Å²) in [5.41, 5.74) is 3.75. The summed E-state index contributed by atoms with van der Waals surface area (Å²) in [6.45, 7) is 11.5. The van der Waals surface area contributed by atoms with E-state index in [1.165, 1.54) is 0 Å². The van der Waals surface area contributed by atoms with Crippen molar-refractivity contribution in [3.05, 3.63) is 59.7 Å². The number of rotatable bonds is 4. The molecule has 0 aromatic heterocycles. The fourth-order valence-electron chi connectivity index (χ4n) is 3.69. The van der Waals surface area contributed by atoms with Gasteiger partial charge in [-0.25, -0.2) is 14.5 Å². The molecule has 32 heavy (non-hydrogen) atoms. The van der Waals surface area contributed by atoms with Crippen LogP contribution in [0.3, 0.4) is 0 Å². The van der Waals surface area contributed by atoms with Gasteiger partial charge in [0.25, 0.3) is 5.91 Å². The van der Waals surface area contributed by atoms with E-state index in [0.717, 1.165) is 4.90 Å². The monoisotopic (exact) mass is 439 g/mol. The number of carbonyl (C=O) groups excluding carboxylic acids is 3. The molecule has 3 N–H and O–H groups in total. The Kier molecular flexibility index (Phi) is 5.67. The maximum absolute atomic E-state index is 13.2. The van der Waals surface area contributed by atoms with Gasteiger partial charge in [0.15, 0.2) is 5.54 Å². The molecule has 8 heteroatoms. The third-order valence-corrected chi connectivity index (χ3v) is 4.70. The van der Waals surface area contributed by atoms with Gasteiger partial charge in [0.1, 0.15) is 22.7 Å². The summed E-state index contributed by atoms with van der Waals surface area (Å²) >= 11 is 0. The van der Waals surface area contributed by atoms with Crippen LogP contribution in [0.15, 0.2) is 48.5 Å². The molecule has 1 fully saturated rings. The van der Waals surface area contributed by atoms with Crippen LogP contribution in [0.5, 0.6) is 11.5 Å². The van der Waals surface area contributed by atoms with Gasteiger partial charge in [-0.1, -0.05) is 24.3 Å². The Bertz CT molecular complexity index is 972. The molecule has 5 amide bonds. The van der Waals surface area contributed by atoms with Gasteiger partial charge in [0.2, 0.25) is 0 Å². The Morgan fingerprint density at radius 3 is 1.50 bits per heavy atom. The largest absolute Gasteiger partial charge is 0.488 e. The number of urea groups is 2. The third-order valence-electron chi connectivity index (χ3n) is 4.70. The smallest absolute Gasteiger partial charge is 0.333 e. The molecule has 2 aromatic carbocycles. The predicted octanol–water partition coefficient (Wildman–Crippen LogP) is 3.92.